The summed E-state index contributed by atoms with van der Waals surface area (Å²) in [6.07, 6.45) is 2.11. The molecule has 0 bridgehead atoms. The number of hydrogen-bond donors (Lipinski definition) is 1. The number of anilines is 1. The molecule has 1 unspecified atom stereocenters. The van der Waals surface area contributed by atoms with Gasteiger partial charge in [-0.25, -0.2) is 8.42 Å². The van der Waals surface area contributed by atoms with E-state index >= 15 is 0 Å². The zero-order chi connectivity index (χ0) is 18.3. The maximum atomic E-state index is 13.1. The van der Waals surface area contributed by atoms with Gasteiger partial charge in [-0.3, -0.25) is 0 Å². The first-order chi connectivity index (χ1) is 12.5. The fourth-order valence-electron chi connectivity index (χ4n) is 4.25. The molecule has 2 aromatic carbocycles. The lowest BCUT2D eigenvalue weighted by atomic mass is 9.91. The molecule has 1 saturated heterocycles. The van der Waals surface area contributed by atoms with E-state index in [0.717, 1.165) is 37.2 Å². The van der Waals surface area contributed by atoms with Gasteiger partial charge >= 0.3 is 0 Å². The second-order valence-corrected chi connectivity index (χ2v) is 8.96. The summed E-state index contributed by atoms with van der Waals surface area (Å²) >= 11 is 0. The van der Waals surface area contributed by atoms with Gasteiger partial charge in [0.05, 0.1) is 16.9 Å². The zero-order valence-electron chi connectivity index (χ0n) is 15.1. The van der Waals surface area contributed by atoms with Crippen molar-refractivity contribution in [1.82, 2.24) is 5.32 Å². The van der Waals surface area contributed by atoms with Crippen molar-refractivity contribution >= 4 is 15.5 Å². The van der Waals surface area contributed by atoms with Crippen molar-refractivity contribution in [3.63, 3.8) is 0 Å². The van der Waals surface area contributed by atoms with Gasteiger partial charge in [-0.05, 0) is 67.9 Å². The summed E-state index contributed by atoms with van der Waals surface area (Å²) in [6, 6.07) is 12.7. The third-order valence-electron chi connectivity index (χ3n) is 5.65. The highest BCUT2D eigenvalue weighted by Crippen LogP contribution is 2.45. The minimum Gasteiger partial charge on any atom is -0.497 e. The molecule has 0 amide bonds. The summed E-state index contributed by atoms with van der Waals surface area (Å²) in [4.78, 5) is 2.94. The predicted octanol–water partition coefficient (Wildman–Crippen LogP) is 2.81. The van der Waals surface area contributed by atoms with Crippen LogP contribution in [0.2, 0.25) is 0 Å². The lowest BCUT2D eigenvalue weighted by Crippen LogP contribution is -2.30. The Balaban J connectivity index is 1.77. The fourth-order valence-corrected chi connectivity index (χ4v) is 5.58. The summed E-state index contributed by atoms with van der Waals surface area (Å²) in [5.41, 5.74) is 2.32. The first-order valence-electron chi connectivity index (χ1n) is 8.99. The smallest absolute Gasteiger partial charge is 0.206 e. The number of sulfone groups is 1. The summed E-state index contributed by atoms with van der Waals surface area (Å²) in [5, 5.41) is 3.45. The van der Waals surface area contributed by atoms with Crippen molar-refractivity contribution in [2.75, 3.05) is 32.1 Å². The summed E-state index contributed by atoms with van der Waals surface area (Å²) < 4.78 is 31.4. The number of rotatable bonds is 3. The average Bonchev–Trinajstić information content (AvgIpc) is 2.83. The Morgan fingerprint density at radius 2 is 1.85 bits per heavy atom. The predicted molar refractivity (Wildman–Crippen MR) is 102 cm³/mol. The van der Waals surface area contributed by atoms with Gasteiger partial charge in [0.2, 0.25) is 9.84 Å². The number of benzene rings is 2. The van der Waals surface area contributed by atoms with E-state index in [-0.39, 0.29) is 4.90 Å². The SMILES string of the molecule is COc1cccc(S(=O)(=O)c2ccc3c(c2)[C@H]2CCNCCC2N3C)c1. The van der Waals surface area contributed by atoms with Gasteiger partial charge in [-0.1, -0.05) is 6.07 Å². The van der Waals surface area contributed by atoms with Gasteiger partial charge in [0, 0.05) is 24.7 Å². The second kappa shape index (κ2) is 6.59. The molecule has 2 aliphatic rings. The number of methoxy groups -OCH3 is 1. The van der Waals surface area contributed by atoms with Crippen LogP contribution in [-0.4, -0.2) is 41.7 Å². The maximum absolute atomic E-state index is 13.1. The third kappa shape index (κ3) is 2.77. The van der Waals surface area contributed by atoms with Crippen LogP contribution in [0.5, 0.6) is 5.75 Å². The van der Waals surface area contributed by atoms with Crippen LogP contribution in [0.1, 0.15) is 24.3 Å². The summed E-state index contributed by atoms with van der Waals surface area (Å²) in [5.74, 6) is 0.923. The van der Waals surface area contributed by atoms with Gasteiger partial charge < -0.3 is 15.0 Å². The molecule has 2 aromatic rings. The molecule has 2 atom stereocenters. The van der Waals surface area contributed by atoms with Crippen molar-refractivity contribution in [2.24, 2.45) is 0 Å². The van der Waals surface area contributed by atoms with E-state index in [1.165, 1.54) is 7.11 Å². The Hall–Kier alpha value is -2.05. The number of nitrogens with one attached hydrogen (secondary N) is 1. The first kappa shape index (κ1) is 17.4. The van der Waals surface area contributed by atoms with Crippen LogP contribution in [0.15, 0.2) is 52.3 Å². The minimum atomic E-state index is -3.57. The fraction of sp³-hybridized carbons (Fsp3) is 0.400. The highest BCUT2D eigenvalue weighted by atomic mass is 32.2. The number of nitrogens with zero attached hydrogens (tertiary/aromatic N) is 1. The number of likely N-dealkylation sites (N-methyl/N-ethyl adjacent to an activating group) is 1. The standard InChI is InChI=1S/C20H24N2O3S/c1-22-19-7-6-16(13-18(19)17-8-10-21-11-9-20(17)22)26(23,24)15-5-3-4-14(12-15)25-2/h3-7,12-13,17,20-21H,8-11H2,1-2H3/t17-,20?/m1/s1. The largest absolute Gasteiger partial charge is 0.497 e. The normalized spacial score (nSPS) is 22.5. The second-order valence-electron chi connectivity index (χ2n) is 7.02. The monoisotopic (exact) mass is 372 g/mol. The van der Waals surface area contributed by atoms with E-state index in [4.69, 9.17) is 4.74 Å². The molecule has 0 radical (unpaired) electrons. The molecule has 26 heavy (non-hydrogen) atoms. The Bertz CT molecular complexity index is 926. The molecule has 1 N–H and O–H groups in total. The van der Waals surface area contributed by atoms with E-state index < -0.39 is 9.84 Å². The molecule has 2 aliphatic heterocycles. The van der Waals surface area contributed by atoms with Gasteiger partial charge in [-0.2, -0.15) is 0 Å². The van der Waals surface area contributed by atoms with Crippen LogP contribution >= 0.6 is 0 Å². The maximum Gasteiger partial charge on any atom is 0.206 e. The molecule has 2 heterocycles. The van der Waals surface area contributed by atoms with Gasteiger partial charge in [0.1, 0.15) is 5.75 Å². The topological polar surface area (TPSA) is 58.6 Å². The quantitative estimate of drug-likeness (QED) is 0.898. The molecule has 6 heteroatoms. The molecule has 4 rings (SSSR count). The number of hydrogen-bond acceptors (Lipinski definition) is 5. The van der Waals surface area contributed by atoms with Crippen LogP contribution < -0.4 is 15.0 Å². The van der Waals surface area contributed by atoms with Crippen LogP contribution in [0, 0.1) is 0 Å². The average molecular weight is 372 g/mol. The number of fused-ring (bicyclic) bond motifs is 3. The zero-order valence-corrected chi connectivity index (χ0v) is 15.9. The van der Waals surface area contributed by atoms with E-state index in [9.17, 15) is 8.42 Å². The van der Waals surface area contributed by atoms with Crippen LogP contribution in [0.25, 0.3) is 0 Å². The first-order valence-corrected chi connectivity index (χ1v) is 10.5. The minimum absolute atomic E-state index is 0.266. The Kier molecular flexibility index (Phi) is 4.40. The highest BCUT2D eigenvalue weighted by molar-refractivity contribution is 7.91. The van der Waals surface area contributed by atoms with Crippen molar-refractivity contribution in [3.05, 3.63) is 48.0 Å². The molecule has 5 nitrogen and oxygen atoms in total. The molecule has 0 aromatic heterocycles. The Morgan fingerprint density at radius 3 is 2.65 bits per heavy atom. The van der Waals surface area contributed by atoms with Gasteiger partial charge in [0.25, 0.3) is 0 Å². The van der Waals surface area contributed by atoms with E-state index in [1.807, 2.05) is 12.1 Å². The van der Waals surface area contributed by atoms with Crippen molar-refractivity contribution < 1.29 is 13.2 Å². The van der Waals surface area contributed by atoms with Crippen molar-refractivity contribution in [3.8, 4) is 5.75 Å². The summed E-state index contributed by atoms with van der Waals surface area (Å²) in [7, 11) is 0.0833. The molecular weight excluding hydrogens is 348 g/mol. The molecule has 0 aliphatic carbocycles. The lowest BCUT2D eigenvalue weighted by molar-refractivity contribution is 0.413. The lowest BCUT2D eigenvalue weighted by Gasteiger charge is -2.24. The van der Waals surface area contributed by atoms with Crippen molar-refractivity contribution in [2.45, 2.75) is 34.6 Å². The van der Waals surface area contributed by atoms with E-state index in [2.05, 4.69) is 17.3 Å². The van der Waals surface area contributed by atoms with Gasteiger partial charge in [0.15, 0.2) is 0 Å². The Labute approximate surface area is 154 Å². The molecular formula is C20H24N2O3S. The van der Waals surface area contributed by atoms with E-state index in [1.54, 1.807) is 30.3 Å². The Morgan fingerprint density at radius 1 is 1.08 bits per heavy atom. The molecule has 0 saturated carbocycles. The van der Waals surface area contributed by atoms with E-state index in [0.29, 0.717) is 22.6 Å². The summed E-state index contributed by atoms with van der Waals surface area (Å²) in [6.45, 7) is 1.98. The molecule has 1 fully saturated rings. The third-order valence-corrected chi connectivity index (χ3v) is 7.40. The molecule has 138 valence electrons. The van der Waals surface area contributed by atoms with Crippen LogP contribution in [0.4, 0.5) is 5.69 Å². The van der Waals surface area contributed by atoms with Crippen molar-refractivity contribution in [1.29, 1.82) is 0 Å². The number of ether oxygens (including phenoxy) is 1. The van der Waals surface area contributed by atoms with Crippen LogP contribution in [-0.2, 0) is 9.84 Å². The highest BCUT2D eigenvalue weighted by Gasteiger charge is 2.37. The van der Waals surface area contributed by atoms with Gasteiger partial charge in [-0.15, -0.1) is 0 Å². The van der Waals surface area contributed by atoms with Crippen LogP contribution in [0.3, 0.4) is 0 Å². The molecule has 0 spiro atoms.